The average Bonchev–Trinajstić information content (AvgIpc) is 2.56. The van der Waals surface area contributed by atoms with Gasteiger partial charge in [0.05, 0.1) is 0 Å². The Bertz CT molecular complexity index is 625. The third-order valence-corrected chi connectivity index (χ3v) is 3.53. The zero-order chi connectivity index (χ0) is 14.7. The van der Waals surface area contributed by atoms with E-state index in [-0.39, 0.29) is 5.69 Å². The molecule has 1 N–H and O–H groups in total. The van der Waals surface area contributed by atoms with Crippen LogP contribution in [0.15, 0.2) is 42.6 Å². The summed E-state index contributed by atoms with van der Waals surface area (Å²) in [4.78, 5) is 23.8. The Kier molecular flexibility index (Phi) is 3.68. The van der Waals surface area contributed by atoms with Gasteiger partial charge in [0, 0.05) is 32.4 Å². The Labute approximate surface area is 122 Å². The zero-order valence-corrected chi connectivity index (χ0v) is 11.5. The van der Waals surface area contributed by atoms with E-state index in [1.54, 1.807) is 12.3 Å². The number of hydrogen-bond acceptors (Lipinski definition) is 5. The van der Waals surface area contributed by atoms with Crippen molar-refractivity contribution in [3.63, 3.8) is 0 Å². The van der Waals surface area contributed by atoms with Crippen LogP contribution in [-0.2, 0) is 0 Å². The maximum absolute atomic E-state index is 11.0. The van der Waals surface area contributed by atoms with Gasteiger partial charge in [0.15, 0.2) is 5.69 Å². The molecule has 2 aromatic heterocycles. The number of carboxylic acid groups (broad SMARTS) is 1. The van der Waals surface area contributed by atoms with Crippen molar-refractivity contribution < 1.29 is 9.90 Å². The normalized spacial score (nSPS) is 15.0. The maximum Gasteiger partial charge on any atom is 0.354 e. The highest BCUT2D eigenvalue weighted by Crippen LogP contribution is 2.17. The molecule has 3 heterocycles. The van der Waals surface area contributed by atoms with E-state index in [9.17, 15) is 4.79 Å². The molecule has 6 nitrogen and oxygen atoms in total. The zero-order valence-electron chi connectivity index (χ0n) is 11.5. The van der Waals surface area contributed by atoms with Crippen LogP contribution >= 0.6 is 0 Å². The van der Waals surface area contributed by atoms with Gasteiger partial charge in [-0.2, -0.15) is 0 Å². The van der Waals surface area contributed by atoms with Crippen LogP contribution in [0.2, 0.25) is 0 Å². The quantitative estimate of drug-likeness (QED) is 0.921. The first-order valence-electron chi connectivity index (χ1n) is 6.85. The lowest BCUT2D eigenvalue weighted by Crippen LogP contribution is -2.47. The average molecular weight is 284 g/mol. The van der Waals surface area contributed by atoms with E-state index in [0.717, 1.165) is 37.8 Å². The van der Waals surface area contributed by atoms with E-state index in [1.807, 2.05) is 24.3 Å². The molecule has 1 fully saturated rings. The van der Waals surface area contributed by atoms with Gasteiger partial charge in [0.25, 0.3) is 0 Å². The molecule has 1 aliphatic rings. The highest BCUT2D eigenvalue weighted by molar-refractivity contribution is 5.85. The summed E-state index contributed by atoms with van der Waals surface area (Å²) >= 11 is 0. The van der Waals surface area contributed by atoms with Crippen LogP contribution in [0.1, 0.15) is 10.5 Å². The second-order valence-corrected chi connectivity index (χ2v) is 4.85. The van der Waals surface area contributed by atoms with E-state index in [0.29, 0.717) is 0 Å². The van der Waals surface area contributed by atoms with Gasteiger partial charge in [-0.1, -0.05) is 12.1 Å². The number of aromatic nitrogens is 2. The Morgan fingerprint density at radius 3 is 2.24 bits per heavy atom. The molecule has 0 atom stereocenters. The van der Waals surface area contributed by atoms with Crippen LogP contribution in [0.3, 0.4) is 0 Å². The molecule has 0 bridgehead atoms. The lowest BCUT2D eigenvalue weighted by molar-refractivity contribution is 0.0690. The second-order valence-electron chi connectivity index (χ2n) is 4.85. The molecule has 0 aromatic carbocycles. The highest BCUT2D eigenvalue weighted by atomic mass is 16.4. The van der Waals surface area contributed by atoms with E-state index in [4.69, 9.17) is 5.11 Å². The second kappa shape index (κ2) is 5.78. The van der Waals surface area contributed by atoms with Crippen molar-refractivity contribution in [3.8, 4) is 0 Å². The Balaban J connectivity index is 1.68. The van der Waals surface area contributed by atoms with Gasteiger partial charge in [-0.3, -0.25) is 0 Å². The minimum Gasteiger partial charge on any atom is -0.477 e. The molecule has 0 radical (unpaired) electrons. The summed E-state index contributed by atoms with van der Waals surface area (Å²) in [5.74, 6) is 0.698. The first-order chi connectivity index (χ1) is 10.2. The summed E-state index contributed by atoms with van der Waals surface area (Å²) in [5.41, 5.74) is 0.0830. The lowest BCUT2D eigenvalue weighted by atomic mass is 10.2. The molecule has 0 aliphatic carbocycles. The smallest absolute Gasteiger partial charge is 0.354 e. The fourth-order valence-electron chi connectivity index (χ4n) is 2.42. The fourth-order valence-corrected chi connectivity index (χ4v) is 2.42. The first kappa shape index (κ1) is 13.4. The number of carboxylic acids is 1. The fraction of sp³-hybridized carbons (Fsp3) is 0.267. The molecule has 0 amide bonds. The van der Waals surface area contributed by atoms with Crippen LogP contribution in [0.5, 0.6) is 0 Å². The van der Waals surface area contributed by atoms with Crippen LogP contribution in [0.25, 0.3) is 0 Å². The third kappa shape index (κ3) is 2.94. The topological polar surface area (TPSA) is 69.6 Å². The predicted octanol–water partition coefficient (Wildman–Crippen LogP) is 1.50. The number of anilines is 2. The number of piperazine rings is 1. The van der Waals surface area contributed by atoms with Crippen molar-refractivity contribution in [3.05, 3.63) is 48.3 Å². The molecule has 0 unspecified atom stereocenters. The van der Waals surface area contributed by atoms with Crippen molar-refractivity contribution in [1.82, 2.24) is 9.97 Å². The number of carbonyl (C=O) groups is 1. The summed E-state index contributed by atoms with van der Waals surface area (Å²) < 4.78 is 0. The van der Waals surface area contributed by atoms with E-state index >= 15 is 0 Å². The Hall–Kier alpha value is -2.63. The van der Waals surface area contributed by atoms with Gasteiger partial charge >= 0.3 is 5.97 Å². The van der Waals surface area contributed by atoms with Crippen LogP contribution in [0, 0.1) is 0 Å². The summed E-state index contributed by atoms with van der Waals surface area (Å²) in [7, 11) is 0. The minimum atomic E-state index is -0.996. The van der Waals surface area contributed by atoms with Gasteiger partial charge in [-0.25, -0.2) is 14.8 Å². The largest absolute Gasteiger partial charge is 0.477 e. The van der Waals surface area contributed by atoms with Crippen LogP contribution in [-0.4, -0.2) is 47.2 Å². The molecular formula is C15H16N4O2. The van der Waals surface area contributed by atoms with Gasteiger partial charge in [0.2, 0.25) is 0 Å². The molecule has 3 rings (SSSR count). The number of aromatic carboxylic acids is 1. The van der Waals surface area contributed by atoms with Crippen molar-refractivity contribution in [2.24, 2.45) is 0 Å². The molecule has 108 valence electrons. The standard InChI is InChI=1S/C15H16N4O2/c20-15(21)12-4-3-6-14(17-12)19-10-8-18(9-11-19)13-5-1-2-7-16-13/h1-7H,8-11H2,(H,20,21). The summed E-state index contributed by atoms with van der Waals surface area (Å²) in [6.45, 7) is 3.28. The van der Waals surface area contributed by atoms with Gasteiger partial charge in [0.1, 0.15) is 11.6 Å². The molecular weight excluding hydrogens is 268 g/mol. The van der Waals surface area contributed by atoms with E-state index < -0.39 is 5.97 Å². The minimum absolute atomic E-state index is 0.0830. The van der Waals surface area contributed by atoms with Gasteiger partial charge in [-0.05, 0) is 24.3 Å². The monoisotopic (exact) mass is 284 g/mol. The number of pyridine rings is 2. The number of hydrogen-bond donors (Lipinski definition) is 1. The van der Waals surface area contributed by atoms with Crippen LogP contribution < -0.4 is 9.80 Å². The van der Waals surface area contributed by atoms with Crippen molar-refractivity contribution in [1.29, 1.82) is 0 Å². The third-order valence-electron chi connectivity index (χ3n) is 3.53. The summed E-state index contributed by atoms with van der Waals surface area (Å²) in [6.07, 6.45) is 1.79. The van der Waals surface area contributed by atoms with E-state index in [1.165, 1.54) is 6.07 Å². The molecule has 0 saturated carbocycles. The number of rotatable bonds is 3. The first-order valence-corrected chi connectivity index (χ1v) is 6.85. The molecule has 1 saturated heterocycles. The summed E-state index contributed by atoms with van der Waals surface area (Å²) in [6, 6.07) is 11.0. The van der Waals surface area contributed by atoms with Crippen LogP contribution in [0.4, 0.5) is 11.6 Å². The SMILES string of the molecule is O=C(O)c1cccc(N2CCN(c3ccccn3)CC2)n1. The van der Waals surface area contributed by atoms with E-state index in [2.05, 4.69) is 19.8 Å². The molecule has 21 heavy (non-hydrogen) atoms. The number of nitrogens with zero attached hydrogens (tertiary/aromatic N) is 4. The highest BCUT2D eigenvalue weighted by Gasteiger charge is 2.19. The predicted molar refractivity (Wildman–Crippen MR) is 79.9 cm³/mol. The summed E-state index contributed by atoms with van der Waals surface area (Å²) in [5, 5.41) is 9.00. The Morgan fingerprint density at radius 2 is 1.62 bits per heavy atom. The van der Waals surface area contributed by atoms with Crippen molar-refractivity contribution in [2.45, 2.75) is 0 Å². The van der Waals surface area contributed by atoms with Gasteiger partial charge < -0.3 is 14.9 Å². The lowest BCUT2D eigenvalue weighted by Gasteiger charge is -2.36. The maximum atomic E-state index is 11.0. The van der Waals surface area contributed by atoms with Crippen molar-refractivity contribution in [2.75, 3.05) is 36.0 Å². The molecule has 2 aromatic rings. The molecule has 0 spiro atoms. The van der Waals surface area contributed by atoms with Crippen molar-refractivity contribution >= 4 is 17.6 Å². The molecule has 6 heteroatoms. The molecule has 1 aliphatic heterocycles. The Morgan fingerprint density at radius 1 is 0.952 bits per heavy atom. The van der Waals surface area contributed by atoms with Gasteiger partial charge in [-0.15, -0.1) is 0 Å².